The smallest absolute Gasteiger partial charge is 0.243 e. The van der Waals surface area contributed by atoms with Gasteiger partial charge in [0, 0.05) is 25.6 Å². The van der Waals surface area contributed by atoms with Crippen molar-refractivity contribution in [3.05, 3.63) is 23.8 Å². The molecule has 0 aromatic heterocycles. The molecule has 0 saturated carbocycles. The van der Waals surface area contributed by atoms with Gasteiger partial charge in [0.2, 0.25) is 15.9 Å². The highest BCUT2D eigenvalue weighted by Crippen LogP contribution is 2.35. The Labute approximate surface area is 160 Å². The molecule has 148 valence electrons. The molecule has 3 heterocycles. The second-order valence-corrected chi connectivity index (χ2v) is 9.65. The maximum atomic E-state index is 13.1. The lowest BCUT2D eigenvalue weighted by atomic mass is 9.84. The molecule has 0 spiro atoms. The largest absolute Gasteiger partial charge is 0.493 e. The minimum absolute atomic E-state index is 0.257. The Balaban J connectivity index is 1.53. The van der Waals surface area contributed by atoms with E-state index in [1.54, 1.807) is 12.1 Å². The summed E-state index contributed by atoms with van der Waals surface area (Å²) < 4.78 is 33.2. The highest BCUT2D eigenvalue weighted by atomic mass is 32.2. The number of amides is 1. The molecule has 1 amide bonds. The lowest BCUT2D eigenvalue weighted by molar-refractivity contribution is -0.134. The van der Waals surface area contributed by atoms with Gasteiger partial charge in [0.1, 0.15) is 11.3 Å². The maximum absolute atomic E-state index is 13.1. The van der Waals surface area contributed by atoms with Gasteiger partial charge in [-0.25, -0.2) is 8.42 Å². The molecule has 1 aromatic rings. The highest BCUT2D eigenvalue weighted by Gasteiger charge is 2.47. The predicted molar refractivity (Wildman–Crippen MR) is 101 cm³/mol. The Bertz CT molecular complexity index is 825. The van der Waals surface area contributed by atoms with E-state index in [9.17, 15) is 13.2 Å². The van der Waals surface area contributed by atoms with E-state index in [1.807, 2.05) is 6.07 Å². The third kappa shape index (κ3) is 3.23. The maximum Gasteiger partial charge on any atom is 0.243 e. The van der Waals surface area contributed by atoms with E-state index in [-0.39, 0.29) is 10.8 Å². The normalized spacial score (nSPS) is 23.6. The molecule has 1 aromatic carbocycles. The average Bonchev–Trinajstić information content (AvgIpc) is 3.16. The van der Waals surface area contributed by atoms with Gasteiger partial charge in [-0.2, -0.15) is 4.31 Å². The molecule has 4 rings (SSSR count). The fourth-order valence-electron chi connectivity index (χ4n) is 4.59. The zero-order chi connectivity index (χ0) is 19.1. The number of fused-ring (bicyclic) bond motifs is 1. The molecule has 2 fully saturated rings. The van der Waals surface area contributed by atoms with E-state index in [0.29, 0.717) is 38.3 Å². The number of hydrogen-bond acceptors (Lipinski definition) is 5. The number of nitrogens with two attached hydrogens (primary N) is 1. The summed E-state index contributed by atoms with van der Waals surface area (Å²) in [5, 5.41) is 0. The Morgan fingerprint density at radius 3 is 2.44 bits per heavy atom. The number of nitrogens with zero attached hydrogens (tertiary/aromatic N) is 2. The van der Waals surface area contributed by atoms with E-state index in [4.69, 9.17) is 10.5 Å². The molecule has 3 aliphatic heterocycles. The summed E-state index contributed by atoms with van der Waals surface area (Å²) in [6.07, 6.45) is 5.01. The van der Waals surface area contributed by atoms with Crippen LogP contribution >= 0.6 is 0 Å². The van der Waals surface area contributed by atoms with Crippen LogP contribution in [0.2, 0.25) is 0 Å². The summed E-state index contributed by atoms with van der Waals surface area (Å²) in [4.78, 5) is 14.8. The zero-order valence-corrected chi connectivity index (χ0v) is 16.3. The number of carbonyl (C=O) groups excluding carboxylic acids is 1. The van der Waals surface area contributed by atoms with Crippen molar-refractivity contribution in [2.45, 2.75) is 49.0 Å². The SMILES string of the molecule is NC(=O)C1(N2CCCCC2)CCN(S(=O)(=O)c2ccc3c(c2)OCC3)CC1. The Hall–Kier alpha value is -1.64. The summed E-state index contributed by atoms with van der Waals surface area (Å²) in [6, 6.07) is 5.11. The van der Waals surface area contributed by atoms with Crippen LogP contribution in [0.5, 0.6) is 5.75 Å². The molecule has 0 aliphatic carbocycles. The van der Waals surface area contributed by atoms with Crippen molar-refractivity contribution in [1.29, 1.82) is 0 Å². The van der Waals surface area contributed by atoms with E-state index in [2.05, 4.69) is 4.90 Å². The predicted octanol–water partition coefficient (Wildman–Crippen LogP) is 1.12. The molecule has 8 heteroatoms. The van der Waals surface area contributed by atoms with Gasteiger partial charge in [0.25, 0.3) is 0 Å². The van der Waals surface area contributed by atoms with Crippen LogP contribution < -0.4 is 10.5 Å². The molecule has 2 N–H and O–H groups in total. The van der Waals surface area contributed by atoms with E-state index in [0.717, 1.165) is 37.9 Å². The molecular weight excluding hydrogens is 366 g/mol. The molecular formula is C19H27N3O4S. The van der Waals surface area contributed by atoms with Crippen molar-refractivity contribution in [2.75, 3.05) is 32.8 Å². The van der Waals surface area contributed by atoms with Crippen molar-refractivity contribution >= 4 is 15.9 Å². The van der Waals surface area contributed by atoms with Crippen LogP contribution in [0.4, 0.5) is 0 Å². The van der Waals surface area contributed by atoms with Crippen LogP contribution in [0, 0.1) is 0 Å². The summed E-state index contributed by atoms with van der Waals surface area (Å²) in [5.74, 6) is 0.334. The van der Waals surface area contributed by atoms with Gasteiger partial charge in [-0.1, -0.05) is 12.5 Å². The van der Waals surface area contributed by atoms with Gasteiger partial charge in [-0.3, -0.25) is 9.69 Å². The van der Waals surface area contributed by atoms with Gasteiger partial charge in [0.15, 0.2) is 0 Å². The summed E-state index contributed by atoms with van der Waals surface area (Å²) in [7, 11) is -3.61. The third-order valence-corrected chi connectivity index (χ3v) is 8.17. The summed E-state index contributed by atoms with van der Waals surface area (Å²) in [5.41, 5.74) is 6.13. The van der Waals surface area contributed by atoms with Gasteiger partial charge < -0.3 is 10.5 Å². The van der Waals surface area contributed by atoms with Gasteiger partial charge in [-0.05, 0) is 50.4 Å². The highest BCUT2D eigenvalue weighted by molar-refractivity contribution is 7.89. The number of hydrogen-bond donors (Lipinski definition) is 1. The van der Waals surface area contributed by atoms with Crippen molar-refractivity contribution < 1.29 is 17.9 Å². The molecule has 0 bridgehead atoms. The van der Waals surface area contributed by atoms with Gasteiger partial charge in [0.05, 0.1) is 11.5 Å². The molecule has 0 unspecified atom stereocenters. The van der Waals surface area contributed by atoms with E-state index >= 15 is 0 Å². The number of rotatable bonds is 4. The quantitative estimate of drug-likeness (QED) is 0.827. The first kappa shape index (κ1) is 18.7. The number of ether oxygens (including phenoxy) is 1. The zero-order valence-electron chi connectivity index (χ0n) is 15.5. The molecule has 3 aliphatic rings. The van der Waals surface area contributed by atoms with Crippen LogP contribution in [0.15, 0.2) is 23.1 Å². The summed E-state index contributed by atoms with van der Waals surface area (Å²) in [6.45, 7) is 2.93. The number of carbonyl (C=O) groups is 1. The van der Waals surface area contributed by atoms with Crippen molar-refractivity contribution in [3.63, 3.8) is 0 Å². The molecule has 2 saturated heterocycles. The minimum atomic E-state index is -3.61. The number of primary amides is 1. The first-order valence-corrected chi connectivity index (χ1v) is 11.2. The second kappa shape index (κ2) is 7.07. The Kier molecular flexibility index (Phi) is 4.90. The Morgan fingerprint density at radius 1 is 1.07 bits per heavy atom. The van der Waals surface area contributed by atoms with Crippen LogP contribution in [0.25, 0.3) is 0 Å². The standard InChI is InChI=1S/C19H27N3O4S/c20-18(23)19(21-9-2-1-3-10-21)7-11-22(12-8-19)27(24,25)16-5-4-15-6-13-26-17(15)14-16/h4-5,14H,1-3,6-13H2,(H2,20,23). The van der Waals surface area contributed by atoms with Gasteiger partial charge >= 0.3 is 0 Å². The monoisotopic (exact) mass is 393 g/mol. The molecule has 27 heavy (non-hydrogen) atoms. The lowest BCUT2D eigenvalue weighted by Crippen LogP contribution is -2.63. The Morgan fingerprint density at radius 2 is 1.78 bits per heavy atom. The van der Waals surface area contributed by atoms with Crippen molar-refractivity contribution in [2.24, 2.45) is 5.73 Å². The third-order valence-electron chi connectivity index (χ3n) is 6.27. The number of likely N-dealkylation sites (tertiary alicyclic amines) is 1. The minimum Gasteiger partial charge on any atom is -0.493 e. The number of benzene rings is 1. The first-order valence-electron chi connectivity index (χ1n) is 9.74. The number of piperidine rings is 2. The van der Waals surface area contributed by atoms with Crippen molar-refractivity contribution in [3.8, 4) is 5.75 Å². The average molecular weight is 394 g/mol. The topological polar surface area (TPSA) is 92.9 Å². The lowest BCUT2D eigenvalue weighted by Gasteiger charge is -2.47. The fraction of sp³-hybridized carbons (Fsp3) is 0.632. The van der Waals surface area contributed by atoms with Gasteiger partial charge in [-0.15, -0.1) is 0 Å². The van der Waals surface area contributed by atoms with Crippen LogP contribution in [-0.2, 0) is 21.2 Å². The molecule has 7 nitrogen and oxygen atoms in total. The fourth-order valence-corrected chi connectivity index (χ4v) is 6.05. The van der Waals surface area contributed by atoms with E-state index < -0.39 is 15.6 Å². The first-order chi connectivity index (χ1) is 12.9. The second-order valence-electron chi connectivity index (χ2n) is 7.72. The van der Waals surface area contributed by atoms with Crippen LogP contribution in [-0.4, -0.2) is 61.9 Å². The van der Waals surface area contributed by atoms with E-state index in [1.165, 1.54) is 10.7 Å². The summed E-state index contributed by atoms with van der Waals surface area (Å²) >= 11 is 0. The van der Waals surface area contributed by atoms with Crippen LogP contribution in [0.1, 0.15) is 37.7 Å². The van der Waals surface area contributed by atoms with Crippen molar-refractivity contribution in [1.82, 2.24) is 9.21 Å². The molecule has 0 radical (unpaired) electrons. The molecule has 0 atom stereocenters. The van der Waals surface area contributed by atoms with Crippen LogP contribution in [0.3, 0.4) is 0 Å². The number of sulfonamides is 1.